The Hall–Kier alpha value is -1.32. The second-order valence-electron chi connectivity index (χ2n) is 4.27. The molecule has 0 amide bonds. The summed E-state index contributed by atoms with van der Waals surface area (Å²) >= 11 is 8.93. The largest absolute Gasteiger partial charge is 0.381 e. The van der Waals surface area contributed by atoms with E-state index in [0.29, 0.717) is 5.69 Å². The molecule has 3 N–H and O–H groups in total. The van der Waals surface area contributed by atoms with Gasteiger partial charge in [0.05, 0.1) is 16.4 Å². The number of halogens is 3. The first-order valence-electron chi connectivity index (χ1n) is 5.60. The van der Waals surface area contributed by atoms with Crippen molar-refractivity contribution in [2.75, 3.05) is 10.5 Å². The Morgan fingerprint density at radius 3 is 2.57 bits per heavy atom. The van der Waals surface area contributed by atoms with Crippen LogP contribution in [0, 0.1) is 12.7 Å². The number of rotatable bonds is 3. The summed E-state index contributed by atoms with van der Waals surface area (Å²) in [6.45, 7) is 1.57. The first kappa shape index (κ1) is 16.1. The van der Waals surface area contributed by atoms with E-state index in [0.717, 1.165) is 12.1 Å². The third-order valence-corrected chi connectivity index (χ3v) is 5.25. The zero-order chi connectivity index (χ0) is 15.9. The molecule has 0 saturated carbocycles. The summed E-state index contributed by atoms with van der Waals surface area (Å²) < 4.78 is 41.8. The Morgan fingerprint density at radius 2 is 2.10 bits per heavy atom. The molecule has 0 aliphatic carbocycles. The fourth-order valence-corrected chi connectivity index (χ4v) is 4.29. The minimum atomic E-state index is -4.01. The molecule has 0 aliphatic heterocycles. The van der Waals surface area contributed by atoms with Crippen LogP contribution in [0.4, 0.5) is 15.9 Å². The van der Waals surface area contributed by atoms with E-state index in [2.05, 4.69) is 25.8 Å². The van der Waals surface area contributed by atoms with Gasteiger partial charge in [0.15, 0.2) is 10.7 Å². The van der Waals surface area contributed by atoms with Gasteiger partial charge in [-0.15, -0.1) is 0 Å². The molecular formula is C11H11BrClFN4O2S. The molecule has 114 valence electrons. The summed E-state index contributed by atoms with van der Waals surface area (Å²) in [5.74, 6) is -0.719. The molecule has 0 unspecified atom stereocenters. The number of hydrogen-bond donors (Lipinski definition) is 2. The average molecular weight is 398 g/mol. The number of nitrogens with one attached hydrogen (secondary N) is 1. The van der Waals surface area contributed by atoms with Crippen LogP contribution >= 0.6 is 27.5 Å². The van der Waals surface area contributed by atoms with Gasteiger partial charge in [-0.2, -0.15) is 5.10 Å². The SMILES string of the molecule is Cc1c(S(=O)(=O)Nc2c(Cl)cc(F)cc2Br)c(N)nn1C. The van der Waals surface area contributed by atoms with Gasteiger partial charge >= 0.3 is 0 Å². The maximum Gasteiger partial charge on any atom is 0.267 e. The van der Waals surface area contributed by atoms with Gasteiger partial charge in [-0.3, -0.25) is 9.40 Å². The van der Waals surface area contributed by atoms with Crippen LogP contribution in [0.1, 0.15) is 5.69 Å². The van der Waals surface area contributed by atoms with Crippen molar-refractivity contribution in [2.24, 2.45) is 7.05 Å². The monoisotopic (exact) mass is 396 g/mol. The van der Waals surface area contributed by atoms with E-state index in [1.807, 2.05) is 0 Å². The van der Waals surface area contributed by atoms with Crippen LogP contribution in [0.25, 0.3) is 0 Å². The van der Waals surface area contributed by atoms with Gasteiger partial charge in [0.2, 0.25) is 0 Å². The lowest BCUT2D eigenvalue weighted by atomic mass is 10.3. The van der Waals surface area contributed by atoms with Crippen LogP contribution in [0.2, 0.25) is 5.02 Å². The van der Waals surface area contributed by atoms with E-state index in [1.54, 1.807) is 14.0 Å². The summed E-state index contributed by atoms with van der Waals surface area (Å²) in [7, 11) is -2.43. The van der Waals surface area contributed by atoms with Crippen LogP contribution in [-0.2, 0) is 17.1 Å². The Labute approximate surface area is 134 Å². The number of nitrogens with two attached hydrogens (primary N) is 1. The van der Waals surface area contributed by atoms with E-state index in [4.69, 9.17) is 17.3 Å². The Kier molecular flexibility index (Phi) is 4.18. The van der Waals surface area contributed by atoms with Gasteiger partial charge in [0.1, 0.15) is 5.82 Å². The van der Waals surface area contributed by atoms with E-state index >= 15 is 0 Å². The molecule has 0 aliphatic rings. The lowest BCUT2D eigenvalue weighted by molar-refractivity contribution is 0.600. The van der Waals surface area contributed by atoms with Gasteiger partial charge in [-0.05, 0) is 35.0 Å². The Balaban J connectivity index is 2.53. The van der Waals surface area contributed by atoms with E-state index in [9.17, 15) is 12.8 Å². The minimum Gasteiger partial charge on any atom is -0.381 e. The molecule has 0 radical (unpaired) electrons. The number of benzene rings is 1. The molecule has 2 rings (SSSR count). The van der Waals surface area contributed by atoms with E-state index < -0.39 is 15.8 Å². The quantitative estimate of drug-likeness (QED) is 0.833. The van der Waals surface area contributed by atoms with Crippen molar-refractivity contribution in [1.29, 1.82) is 0 Å². The lowest BCUT2D eigenvalue weighted by Crippen LogP contribution is -2.16. The average Bonchev–Trinajstić information content (AvgIpc) is 2.58. The molecule has 2 aromatic rings. The standard InChI is InChI=1S/C11H11BrClFN4O2S/c1-5-10(11(15)16-18(5)2)21(19,20)17-9-7(12)3-6(14)4-8(9)13/h3-4,17H,1-2H3,(H2,15,16). The maximum atomic E-state index is 13.2. The zero-order valence-corrected chi connectivity index (χ0v) is 14.1. The number of nitrogens with zero attached hydrogens (tertiary/aromatic N) is 2. The molecule has 21 heavy (non-hydrogen) atoms. The molecule has 0 bridgehead atoms. The summed E-state index contributed by atoms with van der Waals surface area (Å²) in [5.41, 5.74) is 6.02. The predicted molar refractivity (Wildman–Crippen MR) is 82.3 cm³/mol. The van der Waals surface area contributed by atoms with Crippen molar-refractivity contribution < 1.29 is 12.8 Å². The van der Waals surface area contributed by atoms with Crippen molar-refractivity contribution in [3.05, 3.63) is 33.1 Å². The molecule has 1 aromatic heterocycles. The first-order chi connectivity index (χ1) is 9.63. The number of sulfonamides is 1. The molecular weight excluding hydrogens is 387 g/mol. The second-order valence-corrected chi connectivity index (χ2v) is 7.15. The highest BCUT2D eigenvalue weighted by Crippen LogP contribution is 2.34. The van der Waals surface area contributed by atoms with Crippen LogP contribution in [0.3, 0.4) is 0 Å². The van der Waals surface area contributed by atoms with Crippen LogP contribution in [0.5, 0.6) is 0 Å². The van der Waals surface area contributed by atoms with Crippen LogP contribution in [-0.4, -0.2) is 18.2 Å². The van der Waals surface area contributed by atoms with Gasteiger partial charge in [-0.25, -0.2) is 12.8 Å². The molecule has 0 atom stereocenters. The highest BCUT2D eigenvalue weighted by Gasteiger charge is 2.26. The molecule has 6 nitrogen and oxygen atoms in total. The predicted octanol–water partition coefficient (Wildman–Crippen LogP) is 2.67. The maximum absolute atomic E-state index is 13.2. The highest BCUT2D eigenvalue weighted by molar-refractivity contribution is 9.10. The number of hydrogen-bond acceptors (Lipinski definition) is 4. The number of nitrogen functional groups attached to an aromatic ring is 1. The molecule has 10 heteroatoms. The van der Waals surface area contributed by atoms with Gasteiger partial charge in [-0.1, -0.05) is 11.6 Å². The van der Waals surface area contributed by atoms with E-state index in [-0.39, 0.29) is 25.9 Å². The van der Waals surface area contributed by atoms with Crippen LogP contribution in [0.15, 0.2) is 21.5 Å². The van der Waals surface area contributed by atoms with Crippen molar-refractivity contribution in [3.63, 3.8) is 0 Å². The molecule has 0 saturated heterocycles. The molecule has 0 fully saturated rings. The second kappa shape index (κ2) is 5.47. The Bertz CT molecular complexity index is 799. The molecule has 1 heterocycles. The first-order valence-corrected chi connectivity index (χ1v) is 8.25. The van der Waals surface area contributed by atoms with Gasteiger partial charge in [0, 0.05) is 11.5 Å². The summed E-state index contributed by atoms with van der Waals surface area (Å²) in [5, 5.41) is 3.77. The zero-order valence-electron chi connectivity index (χ0n) is 11.0. The summed E-state index contributed by atoms with van der Waals surface area (Å²) in [4.78, 5) is -0.141. The minimum absolute atomic E-state index is 0.0284. The number of aromatic nitrogens is 2. The Morgan fingerprint density at radius 1 is 1.48 bits per heavy atom. The molecule has 1 aromatic carbocycles. The fourth-order valence-electron chi connectivity index (χ4n) is 1.77. The van der Waals surface area contributed by atoms with Gasteiger partial charge in [0.25, 0.3) is 10.0 Å². The summed E-state index contributed by atoms with van der Waals surface area (Å²) in [6.07, 6.45) is 0. The van der Waals surface area contributed by atoms with Crippen molar-refractivity contribution in [1.82, 2.24) is 9.78 Å². The normalized spacial score (nSPS) is 11.7. The smallest absolute Gasteiger partial charge is 0.267 e. The van der Waals surface area contributed by atoms with Crippen molar-refractivity contribution in [3.8, 4) is 0 Å². The fraction of sp³-hybridized carbons (Fsp3) is 0.182. The van der Waals surface area contributed by atoms with Crippen molar-refractivity contribution in [2.45, 2.75) is 11.8 Å². The lowest BCUT2D eigenvalue weighted by Gasteiger charge is -2.11. The number of aryl methyl sites for hydroxylation is 1. The third-order valence-electron chi connectivity index (χ3n) is 2.82. The van der Waals surface area contributed by atoms with Crippen molar-refractivity contribution >= 4 is 49.1 Å². The van der Waals surface area contributed by atoms with Gasteiger partial charge < -0.3 is 5.73 Å². The molecule has 0 spiro atoms. The summed E-state index contributed by atoms with van der Waals surface area (Å²) in [6, 6.07) is 2.10. The van der Waals surface area contributed by atoms with E-state index in [1.165, 1.54) is 4.68 Å². The number of anilines is 2. The third kappa shape index (κ3) is 2.99. The van der Waals surface area contributed by atoms with Crippen LogP contribution < -0.4 is 10.5 Å². The topological polar surface area (TPSA) is 90.0 Å². The highest BCUT2D eigenvalue weighted by atomic mass is 79.9.